The van der Waals surface area contributed by atoms with Crippen LogP contribution in [0.4, 0.5) is 5.69 Å². The van der Waals surface area contributed by atoms with Gasteiger partial charge in [0, 0.05) is 6.54 Å². The zero-order valence-corrected chi connectivity index (χ0v) is 9.21. The van der Waals surface area contributed by atoms with Crippen LogP contribution < -0.4 is 11.1 Å². The highest BCUT2D eigenvalue weighted by atomic mass is 32.1. The first-order chi connectivity index (χ1) is 7.59. The molecule has 0 unspecified atom stereocenters. The lowest BCUT2D eigenvalue weighted by atomic mass is 10.3. The van der Waals surface area contributed by atoms with Gasteiger partial charge in [0.25, 0.3) is 5.91 Å². The van der Waals surface area contributed by atoms with E-state index in [0.717, 1.165) is 24.4 Å². The number of carboxylic acids is 1. The number of aromatic nitrogens is 1. The van der Waals surface area contributed by atoms with E-state index in [2.05, 4.69) is 9.69 Å². The van der Waals surface area contributed by atoms with Crippen molar-refractivity contribution >= 4 is 29.1 Å². The molecule has 1 aliphatic carbocycles. The number of nitrogens with zero attached hydrogens (tertiary/aromatic N) is 1. The van der Waals surface area contributed by atoms with E-state index in [4.69, 9.17) is 10.8 Å². The van der Waals surface area contributed by atoms with Gasteiger partial charge in [0.2, 0.25) is 0 Å². The second-order valence-corrected chi connectivity index (χ2v) is 4.51. The fourth-order valence-corrected chi connectivity index (χ4v) is 1.89. The molecular weight excluding hydrogens is 230 g/mol. The number of hydrogen-bond acceptors (Lipinski definition) is 5. The van der Waals surface area contributed by atoms with Gasteiger partial charge in [-0.3, -0.25) is 4.79 Å². The average molecular weight is 241 g/mol. The van der Waals surface area contributed by atoms with Crippen molar-refractivity contribution in [1.29, 1.82) is 0 Å². The molecular formula is C9H11N3O3S. The Morgan fingerprint density at radius 1 is 1.56 bits per heavy atom. The number of carbonyl (C=O) groups excluding carboxylic acids is 1. The molecule has 1 fully saturated rings. The van der Waals surface area contributed by atoms with Gasteiger partial charge in [-0.25, -0.2) is 4.79 Å². The van der Waals surface area contributed by atoms with Crippen molar-refractivity contribution in [3.8, 4) is 0 Å². The summed E-state index contributed by atoms with van der Waals surface area (Å²) in [6.45, 7) is 0.609. The van der Waals surface area contributed by atoms with Gasteiger partial charge >= 0.3 is 5.97 Å². The van der Waals surface area contributed by atoms with Crippen molar-refractivity contribution in [3.05, 3.63) is 10.6 Å². The van der Waals surface area contributed by atoms with E-state index in [1.54, 1.807) is 0 Å². The smallest absolute Gasteiger partial charge is 0.349 e. The molecule has 0 aromatic carbocycles. The van der Waals surface area contributed by atoms with Gasteiger partial charge in [0.15, 0.2) is 10.6 Å². The lowest BCUT2D eigenvalue weighted by molar-refractivity contribution is 0.0703. The highest BCUT2D eigenvalue weighted by Crippen LogP contribution is 2.28. The third-order valence-electron chi connectivity index (χ3n) is 2.39. The fourth-order valence-electron chi connectivity index (χ4n) is 1.26. The number of carbonyl (C=O) groups is 2. The zero-order valence-electron chi connectivity index (χ0n) is 8.40. The quantitative estimate of drug-likeness (QED) is 0.714. The molecule has 2 rings (SSSR count). The SMILES string of the molecule is Nc1c(C(=O)NCC2CC2)nsc1C(=O)O. The number of hydrogen-bond donors (Lipinski definition) is 3. The summed E-state index contributed by atoms with van der Waals surface area (Å²) in [5.41, 5.74) is 5.50. The Bertz CT molecular complexity index is 439. The lowest BCUT2D eigenvalue weighted by Gasteiger charge is -2.01. The van der Waals surface area contributed by atoms with Gasteiger partial charge in [-0.1, -0.05) is 0 Å². The zero-order chi connectivity index (χ0) is 11.7. The van der Waals surface area contributed by atoms with E-state index >= 15 is 0 Å². The Balaban J connectivity index is 2.06. The summed E-state index contributed by atoms with van der Waals surface area (Å²) in [7, 11) is 0. The van der Waals surface area contributed by atoms with Crippen molar-refractivity contribution in [2.75, 3.05) is 12.3 Å². The fraction of sp³-hybridized carbons (Fsp3) is 0.444. The minimum absolute atomic E-state index is 0.0167. The molecule has 0 aliphatic heterocycles. The standard InChI is InChI=1S/C9H11N3O3S/c10-5-6(12-16-7(5)9(14)15)8(13)11-3-4-1-2-4/h4H,1-3,10H2,(H,11,13)(H,14,15). The first-order valence-electron chi connectivity index (χ1n) is 4.86. The Kier molecular flexibility index (Phi) is 2.78. The molecule has 16 heavy (non-hydrogen) atoms. The normalized spacial score (nSPS) is 14.8. The summed E-state index contributed by atoms with van der Waals surface area (Å²) in [6, 6.07) is 0. The molecule has 1 saturated carbocycles. The van der Waals surface area contributed by atoms with E-state index in [9.17, 15) is 9.59 Å². The van der Waals surface area contributed by atoms with Crippen LogP contribution in [0.15, 0.2) is 0 Å². The van der Waals surface area contributed by atoms with Gasteiger partial charge in [0.1, 0.15) is 0 Å². The Labute approximate surface area is 95.6 Å². The topological polar surface area (TPSA) is 105 Å². The monoisotopic (exact) mass is 241 g/mol. The Hall–Kier alpha value is -1.63. The van der Waals surface area contributed by atoms with Crippen LogP contribution >= 0.6 is 11.5 Å². The van der Waals surface area contributed by atoms with E-state index in [1.165, 1.54) is 0 Å². The predicted molar refractivity (Wildman–Crippen MR) is 58.5 cm³/mol. The van der Waals surface area contributed by atoms with Crippen molar-refractivity contribution in [3.63, 3.8) is 0 Å². The first kappa shape index (κ1) is 10.9. The lowest BCUT2D eigenvalue weighted by Crippen LogP contribution is -2.26. The van der Waals surface area contributed by atoms with E-state index < -0.39 is 11.9 Å². The molecule has 86 valence electrons. The van der Waals surface area contributed by atoms with Crippen LogP contribution in [0.25, 0.3) is 0 Å². The average Bonchev–Trinajstić information content (AvgIpc) is 2.97. The van der Waals surface area contributed by atoms with Crippen LogP contribution in [0, 0.1) is 5.92 Å². The number of nitrogen functional groups attached to an aromatic ring is 1. The molecule has 1 aliphatic rings. The molecule has 1 amide bonds. The van der Waals surface area contributed by atoms with Crippen molar-refractivity contribution < 1.29 is 14.7 Å². The molecule has 1 aromatic heterocycles. The molecule has 1 aromatic rings. The minimum Gasteiger partial charge on any atom is -0.477 e. The maximum absolute atomic E-state index is 11.6. The summed E-state index contributed by atoms with van der Waals surface area (Å²) in [6.07, 6.45) is 2.26. The van der Waals surface area contributed by atoms with Gasteiger partial charge in [-0.15, -0.1) is 0 Å². The molecule has 1 heterocycles. The van der Waals surface area contributed by atoms with Crippen LogP contribution in [-0.4, -0.2) is 27.9 Å². The van der Waals surface area contributed by atoms with Crippen LogP contribution in [0.1, 0.15) is 33.0 Å². The first-order valence-corrected chi connectivity index (χ1v) is 5.63. The highest BCUT2D eigenvalue weighted by Gasteiger charge is 2.25. The van der Waals surface area contributed by atoms with Gasteiger partial charge < -0.3 is 16.2 Å². The van der Waals surface area contributed by atoms with Crippen LogP contribution in [0.5, 0.6) is 0 Å². The maximum Gasteiger partial charge on any atom is 0.349 e. The van der Waals surface area contributed by atoms with Crippen molar-refractivity contribution in [1.82, 2.24) is 9.69 Å². The third kappa shape index (κ3) is 2.13. The summed E-state index contributed by atoms with van der Waals surface area (Å²) >= 11 is 0.727. The van der Waals surface area contributed by atoms with Gasteiger partial charge in [-0.2, -0.15) is 4.37 Å². The number of nitrogens with two attached hydrogens (primary N) is 1. The van der Waals surface area contributed by atoms with Gasteiger partial charge in [0.05, 0.1) is 5.69 Å². The molecule has 7 heteroatoms. The second kappa shape index (κ2) is 4.09. The van der Waals surface area contributed by atoms with Crippen LogP contribution in [-0.2, 0) is 0 Å². The highest BCUT2D eigenvalue weighted by molar-refractivity contribution is 7.08. The predicted octanol–water partition coefficient (Wildman–Crippen LogP) is 0.563. The molecule has 0 bridgehead atoms. The molecule has 4 N–H and O–H groups in total. The number of rotatable bonds is 4. The van der Waals surface area contributed by atoms with E-state index in [-0.39, 0.29) is 16.3 Å². The molecule has 0 spiro atoms. The summed E-state index contributed by atoms with van der Waals surface area (Å²) in [5.74, 6) is -0.993. The number of anilines is 1. The van der Waals surface area contributed by atoms with Crippen LogP contribution in [0.2, 0.25) is 0 Å². The summed E-state index contributed by atoms with van der Waals surface area (Å²) in [4.78, 5) is 22.2. The van der Waals surface area contributed by atoms with E-state index in [1.807, 2.05) is 0 Å². The molecule has 0 radical (unpaired) electrons. The summed E-state index contributed by atoms with van der Waals surface area (Å²) < 4.78 is 3.76. The van der Waals surface area contributed by atoms with E-state index in [0.29, 0.717) is 12.5 Å². The molecule has 6 nitrogen and oxygen atoms in total. The van der Waals surface area contributed by atoms with Gasteiger partial charge in [-0.05, 0) is 30.3 Å². The van der Waals surface area contributed by atoms with Crippen molar-refractivity contribution in [2.45, 2.75) is 12.8 Å². The van der Waals surface area contributed by atoms with Crippen molar-refractivity contribution in [2.24, 2.45) is 5.92 Å². The second-order valence-electron chi connectivity index (χ2n) is 3.73. The summed E-state index contributed by atoms with van der Waals surface area (Å²) in [5, 5.41) is 11.4. The largest absolute Gasteiger partial charge is 0.477 e. The Morgan fingerprint density at radius 2 is 2.25 bits per heavy atom. The maximum atomic E-state index is 11.6. The molecule has 0 saturated heterocycles. The Morgan fingerprint density at radius 3 is 2.75 bits per heavy atom. The third-order valence-corrected chi connectivity index (χ3v) is 3.24. The molecule has 0 atom stereocenters. The number of amides is 1. The number of nitrogens with one attached hydrogen (secondary N) is 1. The number of carboxylic acid groups (broad SMARTS) is 1. The number of aromatic carboxylic acids is 1. The minimum atomic E-state index is -1.16. The van der Waals surface area contributed by atoms with Crippen LogP contribution in [0.3, 0.4) is 0 Å².